The van der Waals surface area contributed by atoms with Crippen molar-refractivity contribution in [1.82, 2.24) is 10.3 Å². The number of aliphatic carboxylic acids is 1. The van der Waals surface area contributed by atoms with Gasteiger partial charge in [-0.3, -0.25) is 4.79 Å². The van der Waals surface area contributed by atoms with Gasteiger partial charge >= 0.3 is 5.97 Å². The molecule has 0 aliphatic carbocycles. The SMILES string of the molecule is CC(C)(N)COc1ccc(Nc2ccc(CCNC[C@H](O)c3ccc(O)c4[nH]c(=O)ccc34)cc2)cc1.COc1ccc(/C=C/C(=O)O)cc1. The van der Waals surface area contributed by atoms with Gasteiger partial charge in [0.05, 0.1) is 18.7 Å². The minimum atomic E-state index is -0.948. The second kappa shape index (κ2) is 17.7. The number of phenols is 1. The van der Waals surface area contributed by atoms with Crippen molar-refractivity contribution in [2.45, 2.75) is 31.9 Å². The zero-order valence-electron chi connectivity index (χ0n) is 28.4. The Morgan fingerprint density at radius 3 is 2.18 bits per heavy atom. The quantitative estimate of drug-likeness (QED) is 0.0564. The van der Waals surface area contributed by atoms with Crippen LogP contribution in [0.2, 0.25) is 0 Å². The Hall–Kier alpha value is -5.62. The summed E-state index contributed by atoms with van der Waals surface area (Å²) in [5.41, 5.74) is 10.2. The number of H-pyrrole nitrogens is 1. The molecule has 262 valence electrons. The molecule has 0 amide bonds. The Kier molecular flexibility index (Phi) is 13.2. The Bertz CT molecular complexity index is 1920. The van der Waals surface area contributed by atoms with E-state index in [-0.39, 0.29) is 16.8 Å². The largest absolute Gasteiger partial charge is 0.506 e. The van der Waals surface area contributed by atoms with Crippen LogP contribution in [0.4, 0.5) is 11.4 Å². The van der Waals surface area contributed by atoms with E-state index < -0.39 is 12.1 Å². The number of carboxylic acid groups (broad SMARTS) is 1. The molecule has 4 aromatic carbocycles. The van der Waals surface area contributed by atoms with Crippen molar-refractivity contribution in [2.75, 3.05) is 32.1 Å². The van der Waals surface area contributed by atoms with Gasteiger partial charge in [-0.25, -0.2) is 4.79 Å². The average molecular weight is 681 g/mol. The number of fused-ring (bicyclic) bond motifs is 1. The van der Waals surface area contributed by atoms with Crippen LogP contribution in [0.1, 0.15) is 36.6 Å². The minimum Gasteiger partial charge on any atom is -0.506 e. The highest BCUT2D eigenvalue weighted by Crippen LogP contribution is 2.28. The highest BCUT2D eigenvalue weighted by atomic mass is 16.5. The van der Waals surface area contributed by atoms with Crippen molar-refractivity contribution in [3.8, 4) is 17.2 Å². The summed E-state index contributed by atoms with van der Waals surface area (Å²) in [4.78, 5) is 24.4. The molecule has 5 rings (SSSR count). The van der Waals surface area contributed by atoms with Crippen LogP contribution in [0.25, 0.3) is 17.0 Å². The predicted octanol–water partition coefficient (Wildman–Crippen LogP) is 5.75. The third-order valence-corrected chi connectivity index (χ3v) is 7.44. The summed E-state index contributed by atoms with van der Waals surface area (Å²) in [5.74, 6) is 0.570. The average Bonchev–Trinajstić information content (AvgIpc) is 3.10. The van der Waals surface area contributed by atoms with Gasteiger partial charge in [-0.15, -0.1) is 0 Å². The molecule has 11 heteroatoms. The number of aromatic amines is 1. The number of benzene rings is 4. The highest BCUT2D eigenvalue weighted by Gasteiger charge is 2.14. The number of hydrogen-bond acceptors (Lipinski definition) is 9. The van der Waals surface area contributed by atoms with E-state index in [1.165, 1.54) is 23.8 Å². The van der Waals surface area contributed by atoms with Gasteiger partial charge in [0.25, 0.3) is 0 Å². The summed E-state index contributed by atoms with van der Waals surface area (Å²) < 4.78 is 10.7. The molecule has 0 bridgehead atoms. The van der Waals surface area contributed by atoms with Gasteiger partial charge in [0.2, 0.25) is 5.56 Å². The van der Waals surface area contributed by atoms with Gasteiger partial charge < -0.3 is 46.1 Å². The summed E-state index contributed by atoms with van der Waals surface area (Å²) in [7, 11) is 1.59. The normalized spacial score (nSPS) is 11.9. The molecule has 1 aromatic heterocycles. The van der Waals surface area contributed by atoms with Gasteiger partial charge in [0.1, 0.15) is 23.9 Å². The first kappa shape index (κ1) is 37.2. The monoisotopic (exact) mass is 680 g/mol. The van der Waals surface area contributed by atoms with Gasteiger partial charge in [-0.2, -0.15) is 0 Å². The van der Waals surface area contributed by atoms with E-state index in [9.17, 15) is 19.8 Å². The molecule has 0 radical (unpaired) electrons. The molecule has 0 fully saturated rings. The van der Waals surface area contributed by atoms with Crippen LogP contribution in [0.3, 0.4) is 0 Å². The smallest absolute Gasteiger partial charge is 0.328 e. The number of nitrogens with two attached hydrogens (primary N) is 1. The Morgan fingerprint density at radius 2 is 1.56 bits per heavy atom. The first-order valence-corrected chi connectivity index (χ1v) is 16.1. The van der Waals surface area contributed by atoms with Gasteiger partial charge in [-0.1, -0.05) is 30.3 Å². The van der Waals surface area contributed by atoms with Gasteiger partial charge in [0.15, 0.2) is 0 Å². The van der Waals surface area contributed by atoms with Crippen LogP contribution in [-0.2, 0) is 11.2 Å². The molecule has 11 nitrogen and oxygen atoms in total. The van der Waals surface area contributed by atoms with Crippen molar-refractivity contribution in [3.05, 3.63) is 130 Å². The van der Waals surface area contributed by atoms with E-state index in [2.05, 4.69) is 27.8 Å². The second-order valence-corrected chi connectivity index (χ2v) is 12.3. The Morgan fingerprint density at radius 1 is 0.920 bits per heavy atom. The fraction of sp³-hybridized carbons (Fsp3) is 0.231. The van der Waals surface area contributed by atoms with E-state index >= 15 is 0 Å². The maximum Gasteiger partial charge on any atom is 0.328 e. The number of rotatable bonds is 14. The molecule has 5 aromatic rings. The number of nitrogens with one attached hydrogen (secondary N) is 3. The summed E-state index contributed by atoms with van der Waals surface area (Å²) in [6.45, 7) is 5.34. The molecular formula is C39H44N4O7. The van der Waals surface area contributed by atoms with Crippen molar-refractivity contribution >= 4 is 34.3 Å². The van der Waals surface area contributed by atoms with E-state index in [4.69, 9.17) is 20.3 Å². The molecular weight excluding hydrogens is 636 g/mol. The number of carboxylic acids is 1. The molecule has 0 saturated heterocycles. The number of pyridine rings is 1. The maximum atomic E-state index is 11.6. The topological polar surface area (TPSA) is 179 Å². The fourth-order valence-corrected chi connectivity index (χ4v) is 4.84. The van der Waals surface area contributed by atoms with Crippen molar-refractivity contribution in [1.29, 1.82) is 0 Å². The Balaban J connectivity index is 0.000000363. The van der Waals surface area contributed by atoms with Crippen LogP contribution in [0.15, 0.2) is 108 Å². The molecule has 1 atom stereocenters. The lowest BCUT2D eigenvalue weighted by Gasteiger charge is -2.19. The highest BCUT2D eigenvalue weighted by molar-refractivity contribution is 5.87. The molecule has 0 aliphatic heterocycles. The van der Waals surface area contributed by atoms with Crippen LogP contribution in [-0.4, -0.2) is 58.6 Å². The Labute approximate surface area is 291 Å². The van der Waals surface area contributed by atoms with Crippen molar-refractivity contribution in [2.24, 2.45) is 5.73 Å². The zero-order valence-corrected chi connectivity index (χ0v) is 28.4. The molecule has 8 N–H and O–H groups in total. The number of phenolic OH excluding ortho intramolecular Hbond substituents is 1. The summed E-state index contributed by atoms with van der Waals surface area (Å²) in [6.07, 6.45) is 2.66. The number of aromatic nitrogens is 1. The van der Waals surface area contributed by atoms with Crippen LogP contribution >= 0.6 is 0 Å². The van der Waals surface area contributed by atoms with E-state index in [0.717, 1.165) is 40.9 Å². The lowest BCUT2D eigenvalue weighted by molar-refractivity contribution is -0.131. The van der Waals surface area contributed by atoms with Crippen LogP contribution in [0, 0.1) is 0 Å². The van der Waals surface area contributed by atoms with Gasteiger partial charge in [0, 0.05) is 41.0 Å². The number of aromatic hydroxyl groups is 1. The number of aliphatic hydroxyl groups excluding tert-OH is 1. The molecule has 0 saturated carbocycles. The lowest BCUT2D eigenvalue weighted by atomic mass is 10.0. The fourth-order valence-electron chi connectivity index (χ4n) is 4.84. The number of methoxy groups -OCH3 is 1. The summed E-state index contributed by atoms with van der Waals surface area (Å²) in [5, 5.41) is 36.3. The number of hydrogen-bond donors (Lipinski definition) is 7. The summed E-state index contributed by atoms with van der Waals surface area (Å²) in [6, 6.07) is 29.3. The lowest BCUT2D eigenvalue weighted by Crippen LogP contribution is -2.38. The number of anilines is 2. The van der Waals surface area contributed by atoms with E-state index in [1.54, 1.807) is 43.5 Å². The van der Waals surface area contributed by atoms with Crippen molar-refractivity contribution < 1.29 is 29.6 Å². The zero-order chi connectivity index (χ0) is 36.1. The third-order valence-electron chi connectivity index (χ3n) is 7.44. The standard InChI is InChI=1S/C29H34N4O4.C10H10O3/c1-29(2,30)18-37-22-9-7-21(8-10-22)32-20-5-3-19(4-6-20)15-16-31-17-26(35)23-11-13-25(34)28-24(23)12-14-27(36)33-28;1-13-9-5-2-8(3-6-9)4-7-10(11)12/h3-14,26,31-32,34-35H,15-18,30H2,1-2H3,(H,33,36);2-7H,1H3,(H,11,12)/b;7-4+/t26-;/m0./s1. The number of ether oxygens (including phenoxy) is 2. The number of aliphatic hydroxyl groups is 1. The molecule has 0 aliphatic rings. The predicted molar refractivity (Wildman–Crippen MR) is 197 cm³/mol. The molecule has 0 unspecified atom stereocenters. The van der Waals surface area contributed by atoms with E-state index in [1.807, 2.05) is 50.2 Å². The minimum absolute atomic E-state index is 0.0211. The number of carbonyl (C=O) groups is 1. The first-order chi connectivity index (χ1) is 23.9. The van der Waals surface area contributed by atoms with Crippen LogP contribution < -0.4 is 31.4 Å². The third kappa shape index (κ3) is 11.8. The first-order valence-electron chi connectivity index (χ1n) is 16.1. The van der Waals surface area contributed by atoms with E-state index in [0.29, 0.717) is 36.2 Å². The molecule has 1 heterocycles. The summed E-state index contributed by atoms with van der Waals surface area (Å²) >= 11 is 0. The van der Waals surface area contributed by atoms with Crippen LogP contribution in [0.5, 0.6) is 17.2 Å². The van der Waals surface area contributed by atoms with Crippen molar-refractivity contribution in [3.63, 3.8) is 0 Å². The second-order valence-electron chi connectivity index (χ2n) is 12.3. The molecule has 50 heavy (non-hydrogen) atoms. The van der Waals surface area contributed by atoms with Gasteiger partial charge in [-0.05, 0) is 110 Å². The maximum absolute atomic E-state index is 11.6. The molecule has 0 spiro atoms.